The Labute approximate surface area is 79.2 Å². The van der Waals surface area contributed by atoms with E-state index < -0.39 is 0 Å². The van der Waals surface area contributed by atoms with Crippen LogP contribution in [0, 0.1) is 11.8 Å². The van der Waals surface area contributed by atoms with Crippen LogP contribution in [0.1, 0.15) is 20.3 Å². The molecular formula is C11H16N2. The first-order valence-corrected chi connectivity index (χ1v) is 4.90. The molecule has 0 aromatic rings. The highest BCUT2D eigenvalue weighted by Gasteiger charge is 2.27. The molecule has 70 valence electrons. The summed E-state index contributed by atoms with van der Waals surface area (Å²) in [6.07, 6.45) is 7.22. The molecule has 1 heterocycles. The molecule has 2 nitrogen and oxygen atoms in total. The van der Waals surface area contributed by atoms with E-state index in [9.17, 15) is 0 Å². The molecule has 2 aliphatic rings. The number of hydrogen-bond donors (Lipinski definition) is 1. The molecule has 2 rings (SSSR count). The molecular weight excluding hydrogens is 160 g/mol. The topological polar surface area (TPSA) is 38.4 Å². The van der Waals surface area contributed by atoms with Crippen molar-refractivity contribution in [3.8, 4) is 0 Å². The van der Waals surface area contributed by atoms with Crippen molar-refractivity contribution in [2.24, 2.45) is 22.6 Å². The van der Waals surface area contributed by atoms with E-state index in [2.05, 4.69) is 31.0 Å². The van der Waals surface area contributed by atoms with E-state index in [0.717, 1.165) is 6.42 Å². The fraction of sp³-hybridized carbons (Fsp3) is 0.545. The van der Waals surface area contributed by atoms with Crippen LogP contribution in [0.3, 0.4) is 0 Å². The van der Waals surface area contributed by atoms with Gasteiger partial charge in [0, 0.05) is 24.6 Å². The number of hydrogen-bond acceptors (Lipinski definition) is 2. The van der Waals surface area contributed by atoms with Gasteiger partial charge in [0.25, 0.3) is 0 Å². The number of rotatable bonds is 1. The monoisotopic (exact) mass is 176 g/mol. The van der Waals surface area contributed by atoms with E-state index in [1.54, 1.807) is 0 Å². The van der Waals surface area contributed by atoms with Gasteiger partial charge in [-0.1, -0.05) is 26.0 Å². The largest absolute Gasteiger partial charge is 0.324 e. The maximum atomic E-state index is 5.98. The molecule has 2 N–H and O–H groups in total. The van der Waals surface area contributed by atoms with Crippen LogP contribution in [-0.2, 0) is 0 Å². The molecule has 0 bridgehead atoms. The summed E-state index contributed by atoms with van der Waals surface area (Å²) in [4.78, 5) is 4.46. The van der Waals surface area contributed by atoms with Crippen LogP contribution in [0.25, 0.3) is 0 Å². The van der Waals surface area contributed by atoms with Crippen molar-refractivity contribution in [3.63, 3.8) is 0 Å². The molecule has 0 aromatic heterocycles. The Morgan fingerprint density at radius 3 is 3.00 bits per heavy atom. The van der Waals surface area contributed by atoms with Gasteiger partial charge in [-0.25, -0.2) is 0 Å². The Hall–Kier alpha value is -0.890. The highest BCUT2D eigenvalue weighted by atomic mass is 14.8. The SMILES string of the molecule is CC(C)C1C=CC2=C1N=CCC2N. The summed E-state index contributed by atoms with van der Waals surface area (Å²) < 4.78 is 0. The lowest BCUT2D eigenvalue weighted by molar-refractivity contribution is 0.523. The first kappa shape index (κ1) is 8.70. The van der Waals surface area contributed by atoms with Gasteiger partial charge in [-0.15, -0.1) is 0 Å². The molecule has 0 aromatic carbocycles. The van der Waals surface area contributed by atoms with Crippen LogP contribution in [0.2, 0.25) is 0 Å². The van der Waals surface area contributed by atoms with Gasteiger partial charge in [-0.05, 0) is 11.5 Å². The van der Waals surface area contributed by atoms with Crippen LogP contribution < -0.4 is 5.73 Å². The summed E-state index contributed by atoms with van der Waals surface area (Å²) in [6, 6.07) is 0.174. The number of nitrogens with zero attached hydrogens (tertiary/aromatic N) is 1. The van der Waals surface area contributed by atoms with Crippen molar-refractivity contribution >= 4 is 6.21 Å². The summed E-state index contributed by atoms with van der Waals surface area (Å²) in [7, 11) is 0. The van der Waals surface area contributed by atoms with Gasteiger partial charge in [0.05, 0.1) is 5.70 Å². The van der Waals surface area contributed by atoms with Crippen molar-refractivity contribution in [1.29, 1.82) is 0 Å². The lowest BCUT2D eigenvalue weighted by Gasteiger charge is -2.20. The van der Waals surface area contributed by atoms with Crippen LogP contribution >= 0.6 is 0 Å². The highest BCUT2D eigenvalue weighted by molar-refractivity contribution is 5.66. The maximum Gasteiger partial charge on any atom is 0.0518 e. The van der Waals surface area contributed by atoms with Gasteiger partial charge in [0.15, 0.2) is 0 Å². The zero-order chi connectivity index (χ0) is 9.42. The molecule has 13 heavy (non-hydrogen) atoms. The highest BCUT2D eigenvalue weighted by Crippen LogP contribution is 2.35. The molecule has 0 fully saturated rings. The van der Waals surface area contributed by atoms with E-state index in [4.69, 9.17) is 5.73 Å². The molecule has 0 amide bonds. The van der Waals surface area contributed by atoms with Gasteiger partial charge in [-0.2, -0.15) is 0 Å². The summed E-state index contributed by atoms with van der Waals surface area (Å²) in [5.41, 5.74) is 8.44. The standard InChI is InChI=1S/C11H16N2/c1-7(2)8-3-4-9-10(12)5-6-13-11(8)9/h3-4,6-8,10H,5,12H2,1-2H3. The average molecular weight is 176 g/mol. The van der Waals surface area contributed by atoms with E-state index >= 15 is 0 Å². The Bertz CT molecular complexity index is 297. The average Bonchev–Trinajstić information content (AvgIpc) is 2.48. The molecule has 0 saturated heterocycles. The maximum absolute atomic E-state index is 5.98. The smallest absolute Gasteiger partial charge is 0.0518 e. The third kappa shape index (κ3) is 1.35. The minimum atomic E-state index is 0.174. The van der Waals surface area contributed by atoms with Crippen molar-refractivity contribution < 1.29 is 0 Å². The van der Waals surface area contributed by atoms with E-state index in [0.29, 0.717) is 11.8 Å². The van der Waals surface area contributed by atoms with Crippen LogP contribution in [0.15, 0.2) is 28.4 Å². The van der Waals surface area contributed by atoms with Crippen LogP contribution in [-0.4, -0.2) is 12.3 Å². The van der Waals surface area contributed by atoms with Gasteiger partial charge in [0.2, 0.25) is 0 Å². The number of nitrogens with two attached hydrogens (primary N) is 1. The second-order valence-corrected chi connectivity index (χ2v) is 4.12. The molecule has 1 aliphatic carbocycles. The predicted octanol–water partition coefficient (Wildman–Crippen LogP) is 1.88. The van der Waals surface area contributed by atoms with Crippen molar-refractivity contribution in [1.82, 2.24) is 0 Å². The van der Waals surface area contributed by atoms with Gasteiger partial charge >= 0.3 is 0 Å². The molecule has 2 heteroatoms. The van der Waals surface area contributed by atoms with Crippen LogP contribution in [0.5, 0.6) is 0 Å². The predicted molar refractivity (Wildman–Crippen MR) is 55.6 cm³/mol. The Morgan fingerprint density at radius 1 is 1.54 bits per heavy atom. The normalized spacial score (nSPS) is 31.7. The third-order valence-electron chi connectivity index (χ3n) is 2.80. The molecule has 0 saturated carbocycles. The summed E-state index contributed by atoms with van der Waals surface area (Å²) in [5, 5.41) is 0. The van der Waals surface area contributed by atoms with Gasteiger partial charge in [-0.3, -0.25) is 4.99 Å². The Kier molecular flexibility index (Phi) is 2.08. The summed E-state index contributed by atoms with van der Waals surface area (Å²) in [6.45, 7) is 4.45. The lowest BCUT2D eigenvalue weighted by Crippen LogP contribution is -2.25. The summed E-state index contributed by atoms with van der Waals surface area (Å²) >= 11 is 0. The van der Waals surface area contributed by atoms with E-state index in [-0.39, 0.29) is 6.04 Å². The lowest BCUT2D eigenvalue weighted by atomic mass is 9.92. The zero-order valence-corrected chi connectivity index (χ0v) is 8.20. The molecule has 0 radical (unpaired) electrons. The number of allylic oxidation sites excluding steroid dienone is 1. The Morgan fingerprint density at radius 2 is 2.31 bits per heavy atom. The minimum Gasteiger partial charge on any atom is -0.324 e. The van der Waals surface area contributed by atoms with Crippen molar-refractivity contribution in [2.45, 2.75) is 26.3 Å². The first-order valence-electron chi connectivity index (χ1n) is 4.90. The van der Waals surface area contributed by atoms with Gasteiger partial charge in [0.1, 0.15) is 0 Å². The quantitative estimate of drug-likeness (QED) is 0.651. The molecule has 1 aliphatic heterocycles. The zero-order valence-electron chi connectivity index (χ0n) is 8.20. The van der Waals surface area contributed by atoms with Crippen molar-refractivity contribution in [2.75, 3.05) is 0 Å². The fourth-order valence-corrected chi connectivity index (χ4v) is 1.98. The van der Waals surface area contributed by atoms with E-state index in [1.807, 2.05) is 6.21 Å². The third-order valence-corrected chi connectivity index (χ3v) is 2.80. The second kappa shape index (κ2) is 3.11. The van der Waals surface area contributed by atoms with Crippen LogP contribution in [0.4, 0.5) is 0 Å². The molecule has 0 spiro atoms. The van der Waals surface area contributed by atoms with E-state index in [1.165, 1.54) is 11.3 Å². The minimum absolute atomic E-state index is 0.174. The first-order chi connectivity index (χ1) is 6.20. The second-order valence-electron chi connectivity index (χ2n) is 4.12. The van der Waals surface area contributed by atoms with Crippen molar-refractivity contribution in [3.05, 3.63) is 23.4 Å². The molecule has 2 unspecified atom stereocenters. The van der Waals surface area contributed by atoms with Gasteiger partial charge < -0.3 is 5.73 Å². The number of aliphatic imine (C=N–C) groups is 1. The fourth-order valence-electron chi connectivity index (χ4n) is 1.98. The summed E-state index contributed by atoms with van der Waals surface area (Å²) in [5.74, 6) is 1.10. The Balaban J connectivity index is 2.32. The molecule has 2 atom stereocenters.